The zero-order valence-electron chi connectivity index (χ0n) is 17.8. The lowest BCUT2D eigenvalue weighted by molar-refractivity contribution is -0.133. The molecule has 3 aromatic carbocycles. The van der Waals surface area contributed by atoms with Gasteiger partial charge in [-0.05, 0) is 70.9 Å². The van der Waals surface area contributed by atoms with Crippen molar-refractivity contribution in [2.24, 2.45) is 0 Å². The molecule has 3 rings (SSSR count). The molecule has 0 aliphatic heterocycles. The van der Waals surface area contributed by atoms with E-state index in [1.54, 1.807) is 43.3 Å². The number of hydrogen-bond donors (Lipinski definition) is 2. The van der Waals surface area contributed by atoms with Gasteiger partial charge in [0.2, 0.25) is 0 Å². The van der Waals surface area contributed by atoms with Crippen molar-refractivity contribution in [2.45, 2.75) is 13.8 Å². The molecule has 8 heteroatoms. The van der Waals surface area contributed by atoms with E-state index in [-0.39, 0.29) is 17.0 Å². The summed E-state index contributed by atoms with van der Waals surface area (Å²) in [6.45, 7) is 2.87. The number of hydrogen-bond acceptors (Lipinski definition) is 5. The molecular formula is C25H20BrNO6. The van der Waals surface area contributed by atoms with E-state index in [4.69, 9.17) is 9.47 Å². The van der Waals surface area contributed by atoms with Crippen LogP contribution < -0.4 is 14.8 Å². The number of carbonyl (C=O) groups is 3. The topological polar surface area (TPSA) is 102 Å². The summed E-state index contributed by atoms with van der Waals surface area (Å²) >= 11 is 3.42. The third kappa shape index (κ3) is 6.30. The van der Waals surface area contributed by atoms with Gasteiger partial charge < -0.3 is 19.9 Å². The van der Waals surface area contributed by atoms with Crippen LogP contribution in [0.5, 0.6) is 17.2 Å². The molecule has 0 aliphatic carbocycles. The smallest absolute Gasteiger partial charge is 0.352 e. The van der Waals surface area contributed by atoms with Gasteiger partial charge in [0.25, 0.3) is 5.91 Å². The van der Waals surface area contributed by atoms with Gasteiger partial charge in [0, 0.05) is 18.1 Å². The summed E-state index contributed by atoms with van der Waals surface area (Å²) in [7, 11) is 0. The molecule has 0 saturated carbocycles. The number of nitrogens with one attached hydrogen (secondary N) is 1. The molecule has 0 aliphatic rings. The maximum Gasteiger partial charge on any atom is 0.352 e. The summed E-state index contributed by atoms with van der Waals surface area (Å²) in [5.74, 6) is -1.01. The third-order valence-corrected chi connectivity index (χ3v) is 5.17. The van der Waals surface area contributed by atoms with Crippen LogP contribution in [0.3, 0.4) is 0 Å². The van der Waals surface area contributed by atoms with Gasteiger partial charge in [-0.3, -0.25) is 9.59 Å². The molecule has 0 radical (unpaired) electrons. The number of halogens is 1. The fourth-order valence-electron chi connectivity index (χ4n) is 2.92. The highest BCUT2D eigenvalue weighted by molar-refractivity contribution is 9.10. The van der Waals surface area contributed by atoms with Gasteiger partial charge in [0.05, 0.1) is 4.47 Å². The molecule has 0 atom stereocenters. The number of ether oxygens (including phenoxy) is 2. The molecule has 3 aromatic rings. The summed E-state index contributed by atoms with van der Waals surface area (Å²) in [6, 6.07) is 18.8. The summed E-state index contributed by atoms with van der Waals surface area (Å²) in [5.41, 5.74) is 0.857. The number of rotatable bonds is 7. The van der Waals surface area contributed by atoms with Crippen molar-refractivity contribution in [3.8, 4) is 17.2 Å². The van der Waals surface area contributed by atoms with Crippen LogP contribution in [0.4, 0.5) is 0 Å². The van der Waals surface area contributed by atoms with Crippen LogP contribution in [-0.2, 0) is 9.59 Å². The van der Waals surface area contributed by atoms with Gasteiger partial charge in [0.15, 0.2) is 0 Å². The summed E-state index contributed by atoms with van der Waals surface area (Å²) in [4.78, 5) is 35.7. The molecular weight excluding hydrogens is 490 g/mol. The van der Waals surface area contributed by atoms with Gasteiger partial charge in [-0.15, -0.1) is 0 Å². The summed E-state index contributed by atoms with van der Waals surface area (Å²) in [6.07, 6.45) is 1.34. The highest BCUT2D eigenvalue weighted by atomic mass is 79.9. The van der Waals surface area contributed by atoms with Crippen molar-refractivity contribution in [3.63, 3.8) is 0 Å². The monoisotopic (exact) mass is 509 g/mol. The highest BCUT2D eigenvalue weighted by Gasteiger charge is 2.17. The van der Waals surface area contributed by atoms with Crippen LogP contribution in [0, 0.1) is 6.92 Å². The number of carboxylic acids is 1. The number of aliphatic carboxylic acids is 1. The van der Waals surface area contributed by atoms with E-state index in [0.717, 1.165) is 4.47 Å². The number of amides is 1. The van der Waals surface area contributed by atoms with E-state index in [9.17, 15) is 19.5 Å². The van der Waals surface area contributed by atoms with Crippen LogP contribution in [0.25, 0.3) is 6.08 Å². The van der Waals surface area contributed by atoms with Crippen molar-refractivity contribution in [3.05, 3.63) is 93.6 Å². The van der Waals surface area contributed by atoms with E-state index in [1.165, 1.54) is 19.1 Å². The predicted octanol–water partition coefficient (Wildman–Crippen LogP) is 5.33. The second-order valence-electron chi connectivity index (χ2n) is 6.94. The lowest BCUT2D eigenvalue weighted by Crippen LogP contribution is -2.28. The minimum absolute atomic E-state index is 0.193. The number of carbonyl (C=O) groups excluding carboxylic acids is 2. The molecule has 0 bridgehead atoms. The van der Waals surface area contributed by atoms with Crippen molar-refractivity contribution >= 4 is 39.9 Å². The number of para-hydroxylation sites is 1. The Morgan fingerprint density at radius 1 is 0.939 bits per heavy atom. The molecule has 0 saturated heterocycles. The Bertz CT molecular complexity index is 1230. The first-order valence-corrected chi connectivity index (χ1v) is 10.6. The van der Waals surface area contributed by atoms with Crippen LogP contribution in [0.2, 0.25) is 0 Å². The quantitative estimate of drug-likeness (QED) is 0.253. The van der Waals surface area contributed by atoms with Gasteiger partial charge in [-0.25, -0.2) is 4.79 Å². The summed E-state index contributed by atoms with van der Waals surface area (Å²) in [5, 5.41) is 12.0. The average molecular weight is 510 g/mol. The van der Waals surface area contributed by atoms with Gasteiger partial charge in [-0.2, -0.15) is 0 Å². The molecule has 0 aromatic heterocycles. The second kappa shape index (κ2) is 10.6. The zero-order chi connectivity index (χ0) is 24.0. The van der Waals surface area contributed by atoms with E-state index in [0.29, 0.717) is 22.6 Å². The Hall–Kier alpha value is -3.91. The Kier molecular flexibility index (Phi) is 7.63. The van der Waals surface area contributed by atoms with E-state index < -0.39 is 17.8 Å². The molecule has 1 amide bonds. The highest BCUT2D eigenvalue weighted by Crippen LogP contribution is 2.29. The maximum atomic E-state index is 12.7. The standard InChI is InChI=1S/C25H20BrNO6/c1-15-19(6-5-9-22(15)32-16(2)28)24(29)27-21(25(30)31)14-17-10-12-18(13-11-17)33-23-8-4-3-7-20(23)26/h3-14H,1-2H3,(H,27,29)(H,30,31)/b21-14-. The Morgan fingerprint density at radius 3 is 2.24 bits per heavy atom. The summed E-state index contributed by atoms with van der Waals surface area (Å²) < 4.78 is 11.7. The Labute approximate surface area is 198 Å². The van der Waals surface area contributed by atoms with Crippen molar-refractivity contribution in [2.75, 3.05) is 0 Å². The van der Waals surface area contributed by atoms with E-state index >= 15 is 0 Å². The molecule has 0 unspecified atom stereocenters. The Balaban J connectivity index is 1.78. The third-order valence-electron chi connectivity index (χ3n) is 4.52. The van der Waals surface area contributed by atoms with Gasteiger partial charge in [-0.1, -0.05) is 30.3 Å². The Morgan fingerprint density at radius 2 is 1.61 bits per heavy atom. The van der Waals surface area contributed by atoms with E-state index in [1.807, 2.05) is 24.3 Å². The van der Waals surface area contributed by atoms with E-state index in [2.05, 4.69) is 21.2 Å². The molecule has 0 fully saturated rings. The average Bonchev–Trinajstić information content (AvgIpc) is 2.77. The van der Waals surface area contributed by atoms with Crippen molar-refractivity contribution < 1.29 is 29.0 Å². The lowest BCUT2D eigenvalue weighted by atomic mass is 10.1. The van der Waals surface area contributed by atoms with Crippen LogP contribution in [0.1, 0.15) is 28.4 Å². The molecule has 0 heterocycles. The lowest BCUT2D eigenvalue weighted by Gasteiger charge is -2.12. The fourth-order valence-corrected chi connectivity index (χ4v) is 3.29. The van der Waals surface area contributed by atoms with Crippen molar-refractivity contribution in [1.82, 2.24) is 5.32 Å². The maximum absolute atomic E-state index is 12.7. The molecule has 7 nitrogen and oxygen atoms in total. The number of esters is 1. The van der Waals surface area contributed by atoms with Gasteiger partial charge in [0.1, 0.15) is 22.9 Å². The second-order valence-corrected chi connectivity index (χ2v) is 7.80. The largest absolute Gasteiger partial charge is 0.477 e. The molecule has 0 spiro atoms. The molecule has 2 N–H and O–H groups in total. The van der Waals surface area contributed by atoms with Crippen molar-refractivity contribution in [1.29, 1.82) is 0 Å². The first-order chi connectivity index (χ1) is 15.7. The number of carboxylic acid groups (broad SMARTS) is 1. The SMILES string of the molecule is CC(=O)Oc1cccc(C(=O)N/C(=C\c2ccc(Oc3ccccc3Br)cc2)C(=O)O)c1C. The minimum atomic E-state index is -1.30. The predicted molar refractivity (Wildman–Crippen MR) is 126 cm³/mol. The first kappa shape index (κ1) is 23.7. The molecule has 168 valence electrons. The number of benzene rings is 3. The minimum Gasteiger partial charge on any atom is -0.477 e. The fraction of sp³-hybridized carbons (Fsp3) is 0.0800. The van der Waals surface area contributed by atoms with Crippen LogP contribution >= 0.6 is 15.9 Å². The van der Waals surface area contributed by atoms with Gasteiger partial charge >= 0.3 is 11.9 Å². The zero-order valence-corrected chi connectivity index (χ0v) is 19.4. The first-order valence-electron chi connectivity index (χ1n) is 9.81. The van der Waals surface area contributed by atoms with Crippen LogP contribution in [-0.4, -0.2) is 23.0 Å². The van der Waals surface area contributed by atoms with Crippen LogP contribution in [0.15, 0.2) is 76.9 Å². The molecule has 33 heavy (non-hydrogen) atoms. The normalized spacial score (nSPS) is 10.9.